The molecule has 1 saturated carbocycles. The number of nitrogens with one attached hydrogen (secondary N) is 2. The monoisotopic (exact) mass is 505 g/mol. The second-order valence-electron chi connectivity index (χ2n) is 9.59. The Kier molecular flexibility index (Phi) is 6.41. The van der Waals surface area contributed by atoms with Gasteiger partial charge in [0.1, 0.15) is 22.8 Å². The number of hydrogen-bond acceptors (Lipinski definition) is 5. The number of imidazole rings is 1. The summed E-state index contributed by atoms with van der Waals surface area (Å²) in [5.41, 5.74) is 0.681. The van der Waals surface area contributed by atoms with Crippen molar-refractivity contribution in [3.63, 3.8) is 0 Å². The van der Waals surface area contributed by atoms with E-state index in [4.69, 9.17) is 4.74 Å². The zero-order chi connectivity index (χ0) is 26.2. The number of methoxy groups -OCH3 is 1. The summed E-state index contributed by atoms with van der Waals surface area (Å²) >= 11 is 0. The summed E-state index contributed by atoms with van der Waals surface area (Å²) in [5.74, 6) is -0.801. The predicted molar refractivity (Wildman–Crippen MR) is 132 cm³/mol. The van der Waals surface area contributed by atoms with Gasteiger partial charge in [-0.15, -0.1) is 0 Å². The Morgan fingerprint density at radius 2 is 1.68 bits per heavy atom. The standard InChI is InChI=1S/C27H28FN5O4/c1-27(26(36)30-14-17-3-7-19(28)8-4-17)15-32-16-31-22(23(32)25(35)33(27)20-9-10-20)24(34)29-13-18-5-11-21(37-2)12-6-18/h3-8,11-12,16,20H,9-10,13-15H2,1-2H3,(H,29,34)(H,30,36). The molecule has 1 atom stereocenters. The van der Waals surface area contributed by atoms with E-state index in [2.05, 4.69) is 15.6 Å². The van der Waals surface area contributed by atoms with E-state index in [1.807, 2.05) is 12.1 Å². The molecule has 192 valence electrons. The van der Waals surface area contributed by atoms with Gasteiger partial charge in [0.2, 0.25) is 5.91 Å². The van der Waals surface area contributed by atoms with Crippen molar-refractivity contribution < 1.29 is 23.5 Å². The molecule has 0 saturated heterocycles. The lowest BCUT2D eigenvalue weighted by Gasteiger charge is -2.44. The van der Waals surface area contributed by atoms with Gasteiger partial charge in [-0.3, -0.25) is 14.4 Å². The van der Waals surface area contributed by atoms with Crippen molar-refractivity contribution in [1.82, 2.24) is 25.1 Å². The molecule has 0 bridgehead atoms. The van der Waals surface area contributed by atoms with Gasteiger partial charge in [0.25, 0.3) is 11.8 Å². The summed E-state index contributed by atoms with van der Waals surface area (Å²) < 4.78 is 20.0. The van der Waals surface area contributed by atoms with E-state index in [9.17, 15) is 18.8 Å². The molecular weight excluding hydrogens is 477 g/mol. The maximum atomic E-state index is 13.7. The minimum Gasteiger partial charge on any atom is -0.497 e. The summed E-state index contributed by atoms with van der Waals surface area (Å²) in [6.07, 6.45) is 3.02. The van der Waals surface area contributed by atoms with Crippen molar-refractivity contribution >= 4 is 17.7 Å². The average Bonchev–Trinajstić information content (AvgIpc) is 3.64. The van der Waals surface area contributed by atoms with Gasteiger partial charge >= 0.3 is 0 Å². The van der Waals surface area contributed by atoms with Crippen LogP contribution in [0, 0.1) is 5.82 Å². The van der Waals surface area contributed by atoms with Crippen LogP contribution in [0.5, 0.6) is 5.75 Å². The molecule has 5 rings (SSSR count). The van der Waals surface area contributed by atoms with E-state index in [1.54, 1.807) is 47.8 Å². The molecule has 1 unspecified atom stereocenters. The first kappa shape index (κ1) is 24.5. The number of nitrogens with zero attached hydrogens (tertiary/aromatic N) is 3. The molecule has 9 nitrogen and oxygen atoms in total. The Morgan fingerprint density at radius 1 is 1.05 bits per heavy atom. The molecule has 0 radical (unpaired) electrons. The fraction of sp³-hybridized carbons (Fsp3) is 0.333. The normalized spacial score (nSPS) is 18.8. The van der Waals surface area contributed by atoms with Crippen LogP contribution < -0.4 is 15.4 Å². The lowest BCUT2D eigenvalue weighted by molar-refractivity contribution is -0.133. The zero-order valence-electron chi connectivity index (χ0n) is 20.7. The number of ether oxygens (including phenoxy) is 1. The molecule has 10 heteroatoms. The number of carbonyl (C=O) groups excluding carboxylic acids is 3. The van der Waals surface area contributed by atoms with Crippen molar-refractivity contribution in [2.45, 2.75) is 51.0 Å². The SMILES string of the molecule is COc1ccc(CNC(=O)c2ncn3c2C(=O)N(C2CC2)C(C)(C(=O)NCc2ccc(F)cc2)C3)cc1. The molecule has 0 spiro atoms. The number of carbonyl (C=O) groups is 3. The molecular formula is C27H28FN5O4. The van der Waals surface area contributed by atoms with Crippen molar-refractivity contribution in [2.75, 3.05) is 7.11 Å². The Balaban J connectivity index is 1.33. The van der Waals surface area contributed by atoms with E-state index in [0.29, 0.717) is 5.75 Å². The van der Waals surface area contributed by atoms with E-state index < -0.39 is 11.4 Å². The maximum absolute atomic E-state index is 13.7. The average molecular weight is 506 g/mol. The topological polar surface area (TPSA) is 106 Å². The van der Waals surface area contributed by atoms with Gasteiger partial charge in [-0.05, 0) is 55.2 Å². The number of amides is 3. The Labute approximate surface area is 213 Å². The van der Waals surface area contributed by atoms with Crippen LogP contribution in [-0.2, 0) is 24.4 Å². The summed E-state index contributed by atoms with van der Waals surface area (Å²) in [5, 5.41) is 5.71. The Hall–Kier alpha value is -4.21. The summed E-state index contributed by atoms with van der Waals surface area (Å²) in [6.45, 7) is 2.37. The van der Waals surface area contributed by atoms with Crippen molar-refractivity contribution in [3.05, 3.63) is 83.2 Å². The van der Waals surface area contributed by atoms with Crippen molar-refractivity contribution in [3.8, 4) is 5.75 Å². The summed E-state index contributed by atoms with van der Waals surface area (Å²) in [4.78, 5) is 46.0. The van der Waals surface area contributed by atoms with Crippen LogP contribution in [0.15, 0.2) is 54.9 Å². The molecule has 2 aromatic carbocycles. The smallest absolute Gasteiger partial charge is 0.274 e. The molecule has 3 aromatic rings. The second kappa shape index (κ2) is 9.68. The highest BCUT2D eigenvalue weighted by atomic mass is 19.1. The number of benzene rings is 2. The summed E-state index contributed by atoms with van der Waals surface area (Å²) in [6, 6.07) is 13.1. The predicted octanol–water partition coefficient (Wildman–Crippen LogP) is 2.65. The molecule has 1 aliphatic heterocycles. The number of fused-ring (bicyclic) bond motifs is 1. The van der Waals surface area contributed by atoms with E-state index >= 15 is 0 Å². The second-order valence-corrected chi connectivity index (χ2v) is 9.59. The van der Waals surface area contributed by atoms with Crippen LogP contribution in [-0.4, -0.2) is 50.9 Å². The largest absolute Gasteiger partial charge is 0.497 e. The molecule has 1 aliphatic carbocycles. The first-order chi connectivity index (χ1) is 17.8. The number of hydrogen-bond donors (Lipinski definition) is 2. The van der Waals surface area contributed by atoms with E-state index in [1.165, 1.54) is 18.5 Å². The summed E-state index contributed by atoms with van der Waals surface area (Å²) in [7, 11) is 1.58. The van der Waals surface area contributed by atoms with E-state index in [0.717, 1.165) is 24.0 Å². The third-order valence-electron chi connectivity index (χ3n) is 6.86. The van der Waals surface area contributed by atoms with Crippen LogP contribution >= 0.6 is 0 Å². The van der Waals surface area contributed by atoms with Crippen LogP contribution in [0.25, 0.3) is 0 Å². The van der Waals surface area contributed by atoms with Gasteiger partial charge in [0.15, 0.2) is 5.69 Å². The van der Waals surface area contributed by atoms with Gasteiger partial charge < -0.3 is 24.8 Å². The quantitative estimate of drug-likeness (QED) is 0.490. The molecule has 1 aromatic heterocycles. The third-order valence-corrected chi connectivity index (χ3v) is 6.86. The lowest BCUT2D eigenvalue weighted by Crippen LogP contribution is -2.64. The molecule has 3 amide bonds. The molecule has 2 N–H and O–H groups in total. The number of halogens is 1. The Bertz CT molecular complexity index is 1330. The van der Waals surface area contributed by atoms with Gasteiger partial charge in [0.05, 0.1) is 20.0 Å². The number of rotatable bonds is 8. The fourth-order valence-corrected chi connectivity index (χ4v) is 4.71. The molecule has 2 aliphatic rings. The third kappa shape index (κ3) is 4.78. The molecule has 1 fully saturated rings. The first-order valence-corrected chi connectivity index (χ1v) is 12.1. The Morgan fingerprint density at radius 3 is 2.30 bits per heavy atom. The molecule has 37 heavy (non-hydrogen) atoms. The zero-order valence-corrected chi connectivity index (χ0v) is 20.7. The molecule has 2 heterocycles. The number of aromatic nitrogens is 2. The van der Waals surface area contributed by atoms with Gasteiger partial charge in [0, 0.05) is 19.1 Å². The highest BCUT2D eigenvalue weighted by Crippen LogP contribution is 2.38. The van der Waals surface area contributed by atoms with E-state index in [-0.39, 0.29) is 54.7 Å². The van der Waals surface area contributed by atoms with Crippen LogP contribution in [0.4, 0.5) is 4.39 Å². The maximum Gasteiger partial charge on any atom is 0.274 e. The van der Waals surface area contributed by atoms with Crippen LogP contribution in [0.3, 0.4) is 0 Å². The van der Waals surface area contributed by atoms with Gasteiger partial charge in [-0.2, -0.15) is 0 Å². The minimum atomic E-state index is -1.16. The van der Waals surface area contributed by atoms with Crippen LogP contribution in [0.1, 0.15) is 51.9 Å². The first-order valence-electron chi connectivity index (χ1n) is 12.1. The lowest BCUT2D eigenvalue weighted by atomic mass is 9.93. The van der Waals surface area contributed by atoms with Crippen molar-refractivity contribution in [2.24, 2.45) is 0 Å². The minimum absolute atomic E-state index is 0.0398. The highest BCUT2D eigenvalue weighted by molar-refractivity contribution is 6.07. The fourth-order valence-electron chi connectivity index (χ4n) is 4.71. The van der Waals surface area contributed by atoms with Gasteiger partial charge in [-0.1, -0.05) is 24.3 Å². The highest BCUT2D eigenvalue weighted by Gasteiger charge is 2.53. The van der Waals surface area contributed by atoms with Gasteiger partial charge in [-0.25, -0.2) is 9.37 Å². The van der Waals surface area contributed by atoms with Crippen molar-refractivity contribution in [1.29, 1.82) is 0 Å². The van der Waals surface area contributed by atoms with Crippen LogP contribution in [0.2, 0.25) is 0 Å².